The predicted octanol–water partition coefficient (Wildman–Crippen LogP) is 3.91. The zero-order chi connectivity index (χ0) is 15.6. The third-order valence-electron chi connectivity index (χ3n) is 2.68. The minimum atomic E-state index is -1.11. The van der Waals surface area contributed by atoms with E-state index in [0.717, 1.165) is 4.90 Å². The van der Waals surface area contributed by atoms with Crippen molar-refractivity contribution < 1.29 is 14.7 Å². The molecule has 0 radical (unpaired) electrons. The zero-order valence-corrected chi connectivity index (χ0v) is 12.1. The number of hydrogen-bond donors (Lipinski definition) is 2. The summed E-state index contributed by atoms with van der Waals surface area (Å²) >= 11 is 11.8. The molecule has 0 bridgehead atoms. The summed E-state index contributed by atoms with van der Waals surface area (Å²) in [5, 5.41) is 9.67. The molecule has 0 aliphatic carbocycles. The Labute approximate surface area is 130 Å². The number of urea groups is 1. The molecule has 0 aromatic heterocycles. The van der Waals surface area contributed by atoms with Crippen LogP contribution in [0, 0.1) is 0 Å². The zero-order valence-electron chi connectivity index (χ0n) is 10.6. The molecule has 2 aromatic rings. The van der Waals surface area contributed by atoms with E-state index in [0.29, 0.717) is 21.4 Å². The number of halogens is 2. The topological polar surface area (TPSA) is 83.6 Å². The largest absolute Gasteiger partial charge is 0.478 e. The molecule has 108 valence electrons. The van der Waals surface area contributed by atoms with Crippen LogP contribution in [0.3, 0.4) is 0 Å². The van der Waals surface area contributed by atoms with E-state index in [9.17, 15) is 9.59 Å². The Kier molecular flexibility index (Phi) is 4.35. The first kappa shape index (κ1) is 15.2. The summed E-state index contributed by atoms with van der Waals surface area (Å²) in [6.45, 7) is 0. The molecule has 2 amide bonds. The fourth-order valence-corrected chi connectivity index (χ4v) is 2.36. The summed E-state index contributed by atoms with van der Waals surface area (Å²) in [6, 6.07) is 9.57. The molecule has 0 spiro atoms. The van der Waals surface area contributed by atoms with Gasteiger partial charge in [0.15, 0.2) is 0 Å². The van der Waals surface area contributed by atoms with Gasteiger partial charge in [-0.25, -0.2) is 9.59 Å². The van der Waals surface area contributed by atoms with Crippen LogP contribution < -0.4 is 10.6 Å². The maximum atomic E-state index is 11.7. The fourth-order valence-electron chi connectivity index (χ4n) is 1.85. The molecule has 5 nitrogen and oxygen atoms in total. The Hall–Kier alpha value is -2.24. The lowest BCUT2D eigenvalue weighted by atomic mass is 10.1. The molecule has 0 aliphatic rings. The number of aromatic carboxylic acids is 1. The summed E-state index contributed by atoms with van der Waals surface area (Å²) in [5.74, 6) is -1.11. The Morgan fingerprint density at radius 1 is 1.00 bits per heavy atom. The first-order chi connectivity index (χ1) is 9.88. The van der Waals surface area contributed by atoms with Crippen molar-refractivity contribution in [1.29, 1.82) is 0 Å². The maximum absolute atomic E-state index is 11.7. The predicted molar refractivity (Wildman–Crippen MR) is 81.6 cm³/mol. The molecule has 0 aliphatic heterocycles. The third-order valence-corrected chi connectivity index (χ3v) is 3.11. The second-order valence-corrected chi connectivity index (χ2v) is 5.03. The minimum absolute atomic E-state index is 0.0341. The van der Waals surface area contributed by atoms with Crippen molar-refractivity contribution in [2.24, 2.45) is 5.73 Å². The minimum Gasteiger partial charge on any atom is -0.478 e. The van der Waals surface area contributed by atoms with Crippen molar-refractivity contribution >= 4 is 46.6 Å². The molecular weight excluding hydrogens is 315 g/mol. The number of nitrogens with two attached hydrogens (primary N) is 1. The van der Waals surface area contributed by atoms with Gasteiger partial charge < -0.3 is 10.8 Å². The van der Waals surface area contributed by atoms with Crippen LogP contribution in [0.1, 0.15) is 10.4 Å². The molecular formula is C14H10Cl2N2O3. The highest BCUT2D eigenvalue weighted by Gasteiger charge is 2.17. The smallest absolute Gasteiger partial charge is 0.335 e. The lowest BCUT2D eigenvalue weighted by molar-refractivity contribution is 0.0697. The van der Waals surface area contributed by atoms with Crippen LogP contribution >= 0.6 is 23.2 Å². The van der Waals surface area contributed by atoms with Crippen LogP contribution in [0.5, 0.6) is 0 Å². The van der Waals surface area contributed by atoms with Crippen LogP contribution in [0.25, 0.3) is 0 Å². The van der Waals surface area contributed by atoms with Gasteiger partial charge in [0.25, 0.3) is 0 Å². The summed E-state index contributed by atoms with van der Waals surface area (Å²) < 4.78 is 0. The van der Waals surface area contributed by atoms with Gasteiger partial charge in [-0.2, -0.15) is 0 Å². The highest BCUT2D eigenvalue weighted by Crippen LogP contribution is 2.31. The number of hydrogen-bond acceptors (Lipinski definition) is 2. The number of primary amides is 1. The number of benzene rings is 2. The van der Waals surface area contributed by atoms with Crippen LogP contribution in [-0.2, 0) is 0 Å². The van der Waals surface area contributed by atoms with Gasteiger partial charge in [0, 0.05) is 10.0 Å². The average Bonchev–Trinajstić information content (AvgIpc) is 2.37. The third kappa shape index (κ3) is 3.45. The van der Waals surface area contributed by atoms with Gasteiger partial charge in [-0.15, -0.1) is 0 Å². The van der Waals surface area contributed by atoms with Gasteiger partial charge in [0.1, 0.15) is 0 Å². The molecule has 2 rings (SSSR count). The molecule has 0 saturated carbocycles. The van der Waals surface area contributed by atoms with Crippen molar-refractivity contribution in [3.8, 4) is 0 Å². The summed E-state index contributed by atoms with van der Waals surface area (Å²) in [7, 11) is 0. The second-order valence-electron chi connectivity index (χ2n) is 4.16. The number of carbonyl (C=O) groups excluding carboxylic acids is 1. The van der Waals surface area contributed by atoms with E-state index in [1.54, 1.807) is 6.07 Å². The number of nitrogens with zero attached hydrogens (tertiary/aromatic N) is 1. The van der Waals surface area contributed by atoms with Crippen molar-refractivity contribution in [3.63, 3.8) is 0 Å². The molecule has 3 N–H and O–H groups in total. The van der Waals surface area contributed by atoms with Crippen LogP contribution in [-0.4, -0.2) is 17.1 Å². The molecule has 0 saturated heterocycles. The fraction of sp³-hybridized carbons (Fsp3) is 0. The van der Waals surface area contributed by atoms with Crippen molar-refractivity contribution in [2.45, 2.75) is 0 Å². The highest BCUT2D eigenvalue weighted by molar-refractivity contribution is 6.35. The van der Waals surface area contributed by atoms with Crippen LogP contribution in [0.4, 0.5) is 16.2 Å². The van der Waals surface area contributed by atoms with E-state index >= 15 is 0 Å². The molecule has 21 heavy (non-hydrogen) atoms. The quantitative estimate of drug-likeness (QED) is 0.897. The van der Waals surface area contributed by atoms with Crippen molar-refractivity contribution in [2.75, 3.05) is 4.90 Å². The van der Waals surface area contributed by atoms with E-state index < -0.39 is 12.0 Å². The first-order valence-electron chi connectivity index (χ1n) is 5.77. The summed E-state index contributed by atoms with van der Waals surface area (Å²) in [5.41, 5.74) is 6.07. The average molecular weight is 325 g/mol. The number of anilines is 2. The number of amides is 2. The SMILES string of the molecule is NC(=O)N(c1cc(Cl)cc(Cl)c1)c1cccc(C(=O)O)c1. The van der Waals surface area contributed by atoms with Crippen LogP contribution in [0.15, 0.2) is 42.5 Å². The van der Waals surface area contributed by atoms with Crippen molar-refractivity contribution in [3.05, 3.63) is 58.1 Å². The Morgan fingerprint density at radius 2 is 1.62 bits per heavy atom. The molecule has 0 atom stereocenters. The number of carbonyl (C=O) groups is 2. The standard InChI is InChI=1S/C14H10Cl2N2O3/c15-9-5-10(16)7-12(6-9)18(14(17)21)11-3-1-2-8(4-11)13(19)20/h1-7H,(H2,17,21)(H,19,20). The summed E-state index contributed by atoms with van der Waals surface area (Å²) in [4.78, 5) is 23.9. The van der Waals surface area contributed by atoms with E-state index in [-0.39, 0.29) is 5.56 Å². The lowest BCUT2D eigenvalue weighted by Gasteiger charge is -2.21. The van der Waals surface area contributed by atoms with Crippen LogP contribution in [0.2, 0.25) is 10.0 Å². The van der Waals surface area contributed by atoms with Gasteiger partial charge >= 0.3 is 12.0 Å². The highest BCUT2D eigenvalue weighted by atomic mass is 35.5. The first-order valence-corrected chi connectivity index (χ1v) is 6.53. The Morgan fingerprint density at radius 3 is 2.14 bits per heavy atom. The second kappa shape index (κ2) is 6.03. The van der Waals surface area contributed by atoms with Crippen molar-refractivity contribution in [1.82, 2.24) is 0 Å². The molecule has 0 unspecified atom stereocenters. The molecule has 7 heteroatoms. The van der Waals surface area contributed by atoms with Gasteiger partial charge in [-0.05, 0) is 36.4 Å². The van der Waals surface area contributed by atoms with Gasteiger partial charge in [0.05, 0.1) is 16.9 Å². The Bertz CT molecular complexity index is 699. The lowest BCUT2D eigenvalue weighted by Crippen LogP contribution is -2.31. The Balaban J connectivity index is 2.56. The summed E-state index contributed by atoms with van der Waals surface area (Å²) in [6.07, 6.45) is 0. The van der Waals surface area contributed by atoms with E-state index in [2.05, 4.69) is 0 Å². The van der Waals surface area contributed by atoms with E-state index in [1.165, 1.54) is 36.4 Å². The van der Waals surface area contributed by atoms with E-state index in [1.807, 2.05) is 0 Å². The van der Waals surface area contributed by atoms with Gasteiger partial charge in [-0.3, -0.25) is 4.90 Å². The van der Waals surface area contributed by atoms with Gasteiger partial charge in [-0.1, -0.05) is 29.3 Å². The maximum Gasteiger partial charge on any atom is 0.335 e. The van der Waals surface area contributed by atoms with Gasteiger partial charge in [0.2, 0.25) is 0 Å². The number of rotatable bonds is 3. The number of carboxylic acid groups (broad SMARTS) is 1. The molecule has 0 heterocycles. The van der Waals surface area contributed by atoms with E-state index in [4.69, 9.17) is 34.0 Å². The normalized spacial score (nSPS) is 10.2. The molecule has 0 fully saturated rings. The number of carboxylic acids is 1. The molecule has 2 aromatic carbocycles. The monoisotopic (exact) mass is 324 g/mol.